The van der Waals surface area contributed by atoms with Gasteiger partial charge in [-0.1, -0.05) is 18.2 Å². The number of likely N-dealkylation sites (N-methyl/N-ethyl adjacent to an activating group) is 1. The number of hydrogen-bond donors (Lipinski definition) is 1. The van der Waals surface area contributed by atoms with E-state index < -0.39 is 0 Å². The van der Waals surface area contributed by atoms with E-state index in [0.717, 1.165) is 4.88 Å². The average molecular weight is 464 g/mol. The minimum absolute atomic E-state index is 0.0967. The third-order valence-electron chi connectivity index (χ3n) is 5.01. The molecule has 8 heteroatoms. The molecule has 0 aliphatic rings. The number of rotatable bonds is 9. The molecule has 0 saturated heterocycles. The monoisotopic (exact) mass is 463 g/mol. The van der Waals surface area contributed by atoms with Gasteiger partial charge in [0.15, 0.2) is 0 Å². The number of carbonyl (C=O) groups is 2. The van der Waals surface area contributed by atoms with Crippen LogP contribution in [-0.2, 0) is 11.3 Å². The number of furan rings is 2. The first-order valence-electron chi connectivity index (χ1n) is 10.5. The Labute approximate surface area is 195 Å². The van der Waals surface area contributed by atoms with Crippen LogP contribution in [0, 0.1) is 0 Å². The molecular weight excluding hydrogens is 438 g/mol. The Bertz CT molecular complexity index is 1240. The quantitative estimate of drug-likeness (QED) is 0.356. The predicted molar refractivity (Wildman–Crippen MR) is 130 cm³/mol. The molecule has 4 rings (SSSR count). The van der Waals surface area contributed by atoms with Crippen LogP contribution in [0.4, 0.5) is 5.69 Å². The minimum atomic E-state index is -0.338. The summed E-state index contributed by atoms with van der Waals surface area (Å²) in [4.78, 5) is 30.9. The number of amides is 2. The highest BCUT2D eigenvalue weighted by atomic mass is 32.1. The van der Waals surface area contributed by atoms with Crippen LogP contribution in [0.5, 0.6) is 0 Å². The number of para-hydroxylation sites is 1. The van der Waals surface area contributed by atoms with Crippen molar-refractivity contribution in [1.82, 2.24) is 9.80 Å². The lowest BCUT2D eigenvalue weighted by Crippen LogP contribution is -2.36. The van der Waals surface area contributed by atoms with Crippen molar-refractivity contribution in [2.45, 2.75) is 6.54 Å². The molecule has 33 heavy (non-hydrogen) atoms. The summed E-state index contributed by atoms with van der Waals surface area (Å²) in [6.07, 6.45) is 4.77. The van der Waals surface area contributed by atoms with Gasteiger partial charge in [-0.05, 0) is 55.9 Å². The molecule has 0 aliphatic heterocycles. The van der Waals surface area contributed by atoms with Crippen LogP contribution in [0.25, 0.3) is 17.0 Å². The second-order valence-electron chi connectivity index (χ2n) is 7.75. The molecule has 0 aliphatic carbocycles. The van der Waals surface area contributed by atoms with Crippen molar-refractivity contribution in [2.75, 3.05) is 32.5 Å². The molecule has 4 aromatic rings. The van der Waals surface area contributed by atoms with Gasteiger partial charge in [0.25, 0.3) is 5.91 Å². The summed E-state index contributed by atoms with van der Waals surface area (Å²) in [6, 6.07) is 14.7. The number of benzene rings is 1. The van der Waals surface area contributed by atoms with E-state index in [0.29, 0.717) is 42.1 Å². The van der Waals surface area contributed by atoms with Crippen LogP contribution >= 0.6 is 11.3 Å². The number of fused-ring (bicyclic) bond motifs is 1. The van der Waals surface area contributed by atoms with Gasteiger partial charge in [-0.2, -0.15) is 0 Å². The fourth-order valence-corrected chi connectivity index (χ4v) is 3.95. The first-order chi connectivity index (χ1) is 16.0. The van der Waals surface area contributed by atoms with Crippen molar-refractivity contribution in [2.24, 2.45) is 0 Å². The Balaban J connectivity index is 1.64. The molecule has 0 bridgehead atoms. The maximum absolute atomic E-state index is 13.6. The van der Waals surface area contributed by atoms with Crippen molar-refractivity contribution in [3.63, 3.8) is 0 Å². The largest absolute Gasteiger partial charge is 0.467 e. The summed E-state index contributed by atoms with van der Waals surface area (Å²) in [7, 11) is 3.89. The third-order valence-corrected chi connectivity index (χ3v) is 5.85. The molecule has 7 nitrogen and oxygen atoms in total. The number of anilines is 1. The molecule has 0 spiro atoms. The predicted octanol–water partition coefficient (Wildman–Crippen LogP) is 4.94. The van der Waals surface area contributed by atoms with Crippen molar-refractivity contribution >= 4 is 45.9 Å². The van der Waals surface area contributed by atoms with Gasteiger partial charge in [-0.25, -0.2) is 0 Å². The van der Waals surface area contributed by atoms with E-state index in [4.69, 9.17) is 8.83 Å². The molecule has 3 heterocycles. The van der Waals surface area contributed by atoms with E-state index in [1.165, 1.54) is 17.4 Å². The maximum atomic E-state index is 13.6. The molecule has 1 aromatic carbocycles. The lowest BCUT2D eigenvalue weighted by atomic mass is 10.2. The van der Waals surface area contributed by atoms with Gasteiger partial charge in [0.1, 0.15) is 17.0 Å². The average Bonchev–Trinajstić information content (AvgIpc) is 3.56. The summed E-state index contributed by atoms with van der Waals surface area (Å²) < 4.78 is 11.4. The minimum Gasteiger partial charge on any atom is -0.467 e. The number of nitrogens with one attached hydrogen (secondary N) is 1. The van der Waals surface area contributed by atoms with E-state index in [1.807, 2.05) is 60.8 Å². The normalized spacial score (nSPS) is 11.5. The first kappa shape index (κ1) is 22.6. The molecular formula is C25H25N3O4S. The fourth-order valence-electron chi connectivity index (χ4n) is 3.34. The van der Waals surface area contributed by atoms with Crippen LogP contribution in [0.15, 0.2) is 75.1 Å². The van der Waals surface area contributed by atoms with Crippen molar-refractivity contribution in [3.8, 4) is 0 Å². The molecule has 2 amide bonds. The van der Waals surface area contributed by atoms with Gasteiger partial charge in [-0.15, -0.1) is 11.3 Å². The van der Waals surface area contributed by atoms with Crippen molar-refractivity contribution in [3.05, 3.63) is 82.6 Å². The van der Waals surface area contributed by atoms with Crippen LogP contribution in [-0.4, -0.2) is 48.8 Å². The Hall–Kier alpha value is -3.62. The Kier molecular flexibility index (Phi) is 7.07. The lowest BCUT2D eigenvalue weighted by Gasteiger charge is -2.23. The maximum Gasteiger partial charge on any atom is 0.292 e. The van der Waals surface area contributed by atoms with E-state index in [2.05, 4.69) is 5.32 Å². The highest BCUT2D eigenvalue weighted by Gasteiger charge is 2.27. The Morgan fingerprint density at radius 1 is 1.06 bits per heavy atom. The Morgan fingerprint density at radius 3 is 2.64 bits per heavy atom. The summed E-state index contributed by atoms with van der Waals surface area (Å²) in [5.74, 6) is 0.110. The summed E-state index contributed by atoms with van der Waals surface area (Å²) in [5.41, 5.74) is 0.898. The second kappa shape index (κ2) is 10.3. The molecule has 0 radical (unpaired) electrons. The zero-order chi connectivity index (χ0) is 23.2. The topological polar surface area (TPSA) is 78.9 Å². The number of thiophene rings is 1. The van der Waals surface area contributed by atoms with Gasteiger partial charge >= 0.3 is 0 Å². The SMILES string of the molecule is CN(C)CCN(Cc1ccco1)C(=O)c1oc2ccccc2c1NC(=O)C=Cc1cccs1. The number of hydrogen-bond acceptors (Lipinski definition) is 6. The van der Waals surface area contributed by atoms with Crippen molar-refractivity contribution in [1.29, 1.82) is 0 Å². The van der Waals surface area contributed by atoms with Gasteiger partial charge in [0.2, 0.25) is 11.7 Å². The van der Waals surface area contributed by atoms with E-state index in [1.54, 1.807) is 29.4 Å². The zero-order valence-corrected chi connectivity index (χ0v) is 19.3. The first-order valence-corrected chi connectivity index (χ1v) is 11.4. The molecule has 3 aromatic heterocycles. The molecule has 170 valence electrons. The van der Waals surface area contributed by atoms with E-state index in [-0.39, 0.29) is 17.6 Å². The van der Waals surface area contributed by atoms with Crippen LogP contribution in [0.1, 0.15) is 21.2 Å². The Morgan fingerprint density at radius 2 is 1.91 bits per heavy atom. The van der Waals surface area contributed by atoms with Crippen LogP contribution in [0.2, 0.25) is 0 Å². The van der Waals surface area contributed by atoms with Crippen LogP contribution < -0.4 is 5.32 Å². The fraction of sp³-hybridized carbons (Fsp3) is 0.200. The molecule has 0 saturated carbocycles. The van der Waals surface area contributed by atoms with Gasteiger partial charge in [0, 0.05) is 29.4 Å². The molecule has 0 fully saturated rings. The van der Waals surface area contributed by atoms with Gasteiger partial charge in [-0.3, -0.25) is 9.59 Å². The highest BCUT2D eigenvalue weighted by molar-refractivity contribution is 7.10. The van der Waals surface area contributed by atoms with E-state index >= 15 is 0 Å². The third kappa shape index (κ3) is 5.60. The standard InChI is InChI=1S/C25H25N3O4S/c1-27(2)13-14-28(17-18-7-5-15-31-18)25(30)24-23(20-9-3-4-10-21(20)32-24)26-22(29)12-11-19-8-6-16-33-19/h3-12,15-16H,13-14,17H2,1-2H3,(H,26,29). The summed E-state index contributed by atoms with van der Waals surface area (Å²) >= 11 is 1.54. The smallest absolute Gasteiger partial charge is 0.292 e. The van der Waals surface area contributed by atoms with Crippen molar-refractivity contribution < 1.29 is 18.4 Å². The molecule has 0 atom stereocenters. The van der Waals surface area contributed by atoms with Gasteiger partial charge in [0.05, 0.1) is 12.8 Å². The number of nitrogens with zero attached hydrogens (tertiary/aromatic N) is 2. The second-order valence-corrected chi connectivity index (χ2v) is 8.73. The molecule has 0 unspecified atom stereocenters. The zero-order valence-electron chi connectivity index (χ0n) is 18.5. The number of carbonyl (C=O) groups excluding carboxylic acids is 2. The molecule has 1 N–H and O–H groups in total. The highest BCUT2D eigenvalue weighted by Crippen LogP contribution is 2.32. The summed E-state index contributed by atoms with van der Waals surface area (Å²) in [5, 5.41) is 5.47. The van der Waals surface area contributed by atoms with Gasteiger partial charge < -0.3 is 24.0 Å². The lowest BCUT2D eigenvalue weighted by molar-refractivity contribution is -0.111. The summed E-state index contributed by atoms with van der Waals surface area (Å²) in [6.45, 7) is 1.43. The van der Waals surface area contributed by atoms with E-state index in [9.17, 15) is 9.59 Å². The van der Waals surface area contributed by atoms with Crippen LogP contribution in [0.3, 0.4) is 0 Å².